The zero-order valence-electron chi connectivity index (χ0n) is 20.7. The molecule has 188 valence electrons. The predicted octanol–water partition coefficient (Wildman–Crippen LogP) is 2.52. The second kappa shape index (κ2) is 8.89. The molecular formula is C28H30N8O. The molecular weight excluding hydrogens is 464 g/mol. The van der Waals surface area contributed by atoms with Gasteiger partial charge in [0.15, 0.2) is 5.82 Å². The first-order valence-corrected chi connectivity index (χ1v) is 13.1. The number of fused-ring (bicyclic) bond motifs is 3. The molecule has 37 heavy (non-hydrogen) atoms. The van der Waals surface area contributed by atoms with E-state index in [1.807, 2.05) is 30.5 Å². The highest BCUT2D eigenvalue weighted by atomic mass is 16.3. The van der Waals surface area contributed by atoms with Crippen molar-refractivity contribution in [1.29, 1.82) is 0 Å². The number of hydrogen-bond donors (Lipinski definition) is 2. The van der Waals surface area contributed by atoms with E-state index in [0.717, 1.165) is 55.9 Å². The van der Waals surface area contributed by atoms with E-state index in [1.165, 1.54) is 19.4 Å². The van der Waals surface area contributed by atoms with Crippen LogP contribution in [0.5, 0.6) is 5.75 Å². The SMILES string of the molecule is Nc1nnc(-c2ccccc2O)cc1N1CC2CCC(C1)N2c1ccnc(C#CCN2CC3CC2C3)n1. The molecule has 0 radical (unpaired) electrons. The molecule has 4 saturated heterocycles. The van der Waals surface area contributed by atoms with Gasteiger partial charge in [-0.1, -0.05) is 18.1 Å². The first kappa shape index (κ1) is 22.3. The van der Waals surface area contributed by atoms with Crippen molar-refractivity contribution in [2.75, 3.05) is 41.7 Å². The van der Waals surface area contributed by atoms with E-state index in [-0.39, 0.29) is 5.75 Å². The molecule has 4 aliphatic heterocycles. The smallest absolute Gasteiger partial charge is 0.206 e. The quantitative estimate of drug-likeness (QED) is 0.529. The van der Waals surface area contributed by atoms with Crippen LogP contribution in [0.3, 0.4) is 0 Å². The lowest BCUT2D eigenvalue weighted by Crippen LogP contribution is -2.54. The van der Waals surface area contributed by atoms with E-state index in [4.69, 9.17) is 10.7 Å². The largest absolute Gasteiger partial charge is 0.507 e. The first-order valence-electron chi connectivity index (χ1n) is 13.1. The summed E-state index contributed by atoms with van der Waals surface area (Å²) in [5, 5.41) is 18.8. The third-order valence-electron chi connectivity index (χ3n) is 8.41. The fourth-order valence-electron chi connectivity index (χ4n) is 6.54. The molecule has 3 N–H and O–H groups in total. The molecule has 1 aromatic carbocycles. The molecule has 2 unspecified atom stereocenters. The minimum atomic E-state index is 0.178. The standard InChI is InChI=1S/C28H30N8O/c29-28-24(14-23(32-33-28)22-4-1-2-5-25(22)37)35-16-19-7-8-20(17-35)36(19)27-9-10-30-26(31-27)6-3-11-34-15-18-12-21(34)13-18/h1-2,4-5,9-10,14,18-21,37H,7-8,11-13,15-17H2,(H2,29,33). The summed E-state index contributed by atoms with van der Waals surface area (Å²) >= 11 is 0. The minimum Gasteiger partial charge on any atom is -0.507 e. The average molecular weight is 495 g/mol. The van der Waals surface area contributed by atoms with Crippen molar-refractivity contribution in [1.82, 2.24) is 25.1 Å². The molecule has 9 heteroatoms. The van der Waals surface area contributed by atoms with Gasteiger partial charge in [-0.3, -0.25) is 4.90 Å². The number of phenols is 1. The van der Waals surface area contributed by atoms with E-state index in [0.29, 0.717) is 35.0 Å². The van der Waals surface area contributed by atoms with Crippen molar-refractivity contribution in [3.8, 4) is 28.8 Å². The predicted molar refractivity (Wildman–Crippen MR) is 142 cm³/mol. The fourth-order valence-corrected chi connectivity index (χ4v) is 6.54. The number of benzene rings is 1. The summed E-state index contributed by atoms with van der Waals surface area (Å²) < 4.78 is 0. The third kappa shape index (κ3) is 4.02. The minimum absolute atomic E-state index is 0.178. The van der Waals surface area contributed by atoms with Gasteiger partial charge in [-0.05, 0) is 61.8 Å². The van der Waals surface area contributed by atoms with Crippen molar-refractivity contribution in [2.45, 2.75) is 43.8 Å². The van der Waals surface area contributed by atoms with E-state index < -0.39 is 0 Å². The highest BCUT2D eigenvalue weighted by Gasteiger charge is 2.42. The van der Waals surface area contributed by atoms with Crippen LogP contribution in [-0.2, 0) is 0 Å². The molecule has 9 nitrogen and oxygen atoms in total. The zero-order chi connectivity index (χ0) is 24.9. The molecule has 2 atom stereocenters. The van der Waals surface area contributed by atoms with Crippen LogP contribution in [0.25, 0.3) is 11.3 Å². The maximum atomic E-state index is 10.3. The molecule has 8 rings (SSSR count). The lowest BCUT2D eigenvalue weighted by molar-refractivity contribution is 0.268. The van der Waals surface area contributed by atoms with Crippen LogP contribution in [0.1, 0.15) is 31.5 Å². The van der Waals surface area contributed by atoms with Crippen molar-refractivity contribution in [3.63, 3.8) is 0 Å². The van der Waals surface area contributed by atoms with Crippen molar-refractivity contribution < 1.29 is 5.11 Å². The normalized spacial score (nSPS) is 26.1. The molecule has 6 heterocycles. The maximum absolute atomic E-state index is 10.3. The number of para-hydroxylation sites is 1. The molecule has 0 spiro atoms. The van der Waals surface area contributed by atoms with Gasteiger partial charge in [-0.15, -0.1) is 10.2 Å². The highest BCUT2D eigenvalue weighted by molar-refractivity contribution is 5.74. The fraction of sp³-hybridized carbons (Fsp3) is 0.429. The Kier molecular flexibility index (Phi) is 5.36. The number of anilines is 3. The third-order valence-corrected chi connectivity index (χ3v) is 8.41. The van der Waals surface area contributed by atoms with Gasteiger partial charge in [0, 0.05) is 49.5 Å². The summed E-state index contributed by atoms with van der Waals surface area (Å²) in [5.74, 6) is 9.54. The van der Waals surface area contributed by atoms with Crippen LogP contribution in [0, 0.1) is 17.8 Å². The summed E-state index contributed by atoms with van der Waals surface area (Å²) in [6.07, 6.45) is 6.70. The number of aromatic nitrogens is 4. The number of nitrogens with two attached hydrogens (primary N) is 1. The lowest BCUT2D eigenvalue weighted by atomic mass is 9.86. The topological polar surface area (TPSA) is 108 Å². The van der Waals surface area contributed by atoms with Gasteiger partial charge in [0.25, 0.3) is 0 Å². The Bertz CT molecular complexity index is 1380. The Morgan fingerprint density at radius 2 is 1.81 bits per heavy atom. The summed E-state index contributed by atoms with van der Waals surface area (Å²) in [6.45, 7) is 3.63. The van der Waals surface area contributed by atoms with Gasteiger partial charge < -0.3 is 20.6 Å². The molecule has 1 saturated carbocycles. The summed E-state index contributed by atoms with van der Waals surface area (Å²) in [4.78, 5) is 16.5. The van der Waals surface area contributed by atoms with E-state index in [9.17, 15) is 5.11 Å². The van der Waals surface area contributed by atoms with Gasteiger partial charge in [0.05, 0.1) is 17.9 Å². The summed E-state index contributed by atoms with van der Waals surface area (Å²) in [7, 11) is 0. The van der Waals surface area contributed by atoms with Crippen LogP contribution in [0.4, 0.5) is 17.3 Å². The number of hydrogen-bond acceptors (Lipinski definition) is 9. The zero-order valence-corrected chi connectivity index (χ0v) is 20.7. The molecule has 0 amide bonds. The Morgan fingerprint density at radius 1 is 1.00 bits per heavy atom. The highest BCUT2D eigenvalue weighted by Crippen LogP contribution is 2.40. The lowest BCUT2D eigenvalue weighted by Gasteiger charge is -2.42. The Hall–Kier alpha value is -3.90. The molecule has 4 bridgehead atoms. The second-order valence-electron chi connectivity index (χ2n) is 10.7. The van der Waals surface area contributed by atoms with Gasteiger partial charge >= 0.3 is 0 Å². The Balaban J connectivity index is 1.09. The van der Waals surface area contributed by atoms with Crippen LogP contribution >= 0.6 is 0 Å². The van der Waals surface area contributed by atoms with E-state index in [1.54, 1.807) is 12.1 Å². The van der Waals surface area contributed by atoms with Crippen molar-refractivity contribution in [2.24, 2.45) is 5.92 Å². The number of piperazine rings is 1. The Morgan fingerprint density at radius 3 is 2.57 bits per heavy atom. The number of aromatic hydroxyl groups is 1. The van der Waals surface area contributed by atoms with Gasteiger partial charge in [-0.2, -0.15) is 0 Å². The number of rotatable bonds is 4. The summed E-state index contributed by atoms with van der Waals surface area (Å²) in [5.41, 5.74) is 8.41. The monoisotopic (exact) mass is 494 g/mol. The van der Waals surface area contributed by atoms with Gasteiger partial charge in [0.1, 0.15) is 11.6 Å². The van der Waals surface area contributed by atoms with Crippen LogP contribution in [0.2, 0.25) is 0 Å². The average Bonchev–Trinajstić information content (AvgIpc) is 3.55. The Labute approximate surface area is 216 Å². The maximum Gasteiger partial charge on any atom is 0.206 e. The van der Waals surface area contributed by atoms with Crippen LogP contribution in [0.15, 0.2) is 42.6 Å². The first-order chi connectivity index (χ1) is 18.1. The van der Waals surface area contributed by atoms with E-state index in [2.05, 4.69) is 41.7 Å². The van der Waals surface area contributed by atoms with Gasteiger partial charge in [-0.25, -0.2) is 9.97 Å². The number of phenolic OH excluding ortho intramolecular Hbond substituents is 1. The number of nitrogen functional groups attached to an aromatic ring is 1. The van der Waals surface area contributed by atoms with Crippen LogP contribution < -0.4 is 15.5 Å². The molecule has 2 aromatic heterocycles. The second-order valence-corrected chi connectivity index (χ2v) is 10.7. The van der Waals surface area contributed by atoms with Crippen molar-refractivity contribution in [3.05, 3.63) is 48.4 Å². The molecule has 1 aliphatic carbocycles. The van der Waals surface area contributed by atoms with Gasteiger partial charge in [0.2, 0.25) is 5.82 Å². The van der Waals surface area contributed by atoms with Crippen molar-refractivity contribution >= 4 is 17.3 Å². The van der Waals surface area contributed by atoms with E-state index >= 15 is 0 Å². The summed E-state index contributed by atoms with van der Waals surface area (Å²) in [6, 6.07) is 12.5. The molecule has 5 aliphatic rings. The number of nitrogens with zero attached hydrogens (tertiary/aromatic N) is 7. The molecule has 5 fully saturated rings. The van der Waals surface area contributed by atoms with Crippen LogP contribution in [-0.4, -0.2) is 74.5 Å². The molecule has 3 aromatic rings.